The van der Waals surface area contributed by atoms with Gasteiger partial charge in [-0.25, -0.2) is 4.98 Å². The highest BCUT2D eigenvalue weighted by Gasteiger charge is 2.17. The van der Waals surface area contributed by atoms with Crippen LogP contribution in [0.3, 0.4) is 0 Å². The lowest BCUT2D eigenvalue weighted by Crippen LogP contribution is -2.43. The summed E-state index contributed by atoms with van der Waals surface area (Å²) < 4.78 is 10.2. The fraction of sp³-hybridized carbons (Fsp3) is 0.565. The van der Waals surface area contributed by atoms with Gasteiger partial charge in [-0.3, -0.25) is 9.69 Å². The zero-order valence-corrected chi connectivity index (χ0v) is 19.7. The Hall–Kier alpha value is -1.84. The Morgan fingerprint density at radius 1 is 1.06 bits per heavy atom. The topological polar surface area (TPSA) is 58.1 Å². The van der Waals surface area contributed by atoms with Crippen LogP contribution in [0, 0.1) is 0 Å². The van der Waals surface area contributed by atoms with E-state index in [0.717, 1.165) is 49.0 Å². The maximum Gasteiger partial charge on any atom is 0.228 e. The van der Waals surface area contributed by atoms with Crippen molar-refractivity contribution in [3.05, 3.63) is 40.9 Å². The number of aromatic nitrogens is 1. The molecule has 170 valence electrons. The van der Waals surface area contributed by atoms with Gasteiger partial charge in [-0.1, -0.05) is 24.3 Å². The quantitative estimate of drug-likeness (QED) is 0.528. The summed E-state index contributed by atoms with van der Waals surface area (Å²) in [5.74, 6) is 0.0495. The van der Waals surface area contributed by atoms with Gasteiger partial charge in [-0.2, -0.15) is 0 Å². The minimum atomic E-state index is 0.0495. The highest BCUT2D eigenvalue weighted by atomic mass is 32.1. The molecule has 0 atom stereocenters. The van der Waals surface area contributed by atoms with Crippen molar-refractivity contribution >= 4 is 17.2 Å². The second-order valence-electron chi connectivity index (χ2n) is 7.96. The Labute approximate surface area is 189 Å². The lowest BCUT2D eigenvalue weighted by molar-refractivity contribution is -0.131. The summed E-state index contributed by atoms with van der Waals surface area (Å²) in [5.41, 5.74) is 3.24. The van der Waals surface area contributed by atoms with Crippen LogP contribution in [-0.4, -0.2) is 99.3 Å². The Morgan fingerprint density at radius 3 is 2.32 bits per heavy atom. The van der Waals surface area contributed by atoms with Crippen LogP contribution in [-0.2, 0) is 27.2 Å². The van der Waals surface area contributed by atoms with Gasteiger partial charge in [0.15, 0.2) is 0 Å². The predicted molar refractivity (Wildman–Crippen MR) is 124 cm³/mol. The first kappa shape index (κ1) is 23.8. The van der Waals surface area contributed by atoms with E-state index >= 15 is 0 Å². The smallest absolute Gasteiger partial charge is 0.228 e. The van der Waals surface area contributed by atoms with Crippen molar-refractivity contribution in [2.24, 2.45) is 0 Å². The number of piperazine rings is 1. The molecule has 0 aliphatic carbocycles. The fourth-order valence-corrected chi connectivity index (χ4v) is 4.39. The molecule has 2 aromatic rings. The number of ether oxygens (including phenoxy) is 2. The highest BCUT2D eigenvalue weighted by Crippen LogP contribution is 2.25. The molecule has 1 amide bonds. The molecule has 0 N–H and O–H groups in total. The van der Waals surface area contributed by atoms with E-state index in [4.69, 9.17) is 14.5 Å². The van der Waals surface area contributed by atoms with E-state index in [1.165, 1.54) is 5.56 Å². The number of hydrogen-bond donors (Lipinski definition) is 0. The minimum absolute atomic E-state index is 0.0495. The molecule has 3 rings (SSSR count). The van der Waals surface area contributed by atoms with Crippen molar-refractivity contribution in [2.45, 2.75) is 13.0 Å². The van der Waals surface area contributed by atoms with E-state index in [1.54, 1.807) is 30.5 Å². The number of amides is 1. The molecular formula is C23H34N4O3S. The van der Waals surface area contributed by atoms with E-state index < -0.39 is 0 Å². The lowest BCUT2D eigenvalue weighted by Gasteiger charge is -2.32. The van der Waals surface area contributed by atoms with E-state index in [0.29, 0.717) is 32.7 Å². The van der Waals surface area contributed by atoms with Crippen molar-refractivity contribution < 1.29 is 14.3 Å². The maximum atomic E-state index is 12.7. The van der Waals surface area contributed by atoms with Gasteiger partial charge in [0.2, 0.25) is 5.91 Å². The number of methoxy groups -OCH3 is 2. The van der Waals surface area contributed by atoms with Crippen molar-refractivity contribution in [1.82, 2.24) is 19.7 Å². The van der Waals surface area contributed by atoms with Crippen LogP contribution in [0.2, 0.25) is 0 Å². The summed E-state index contributed by atoms with van der Waals surface area (Å²) in [6, 6.07) is 8.66. The standard InChI is InChI=1S/C23H34N4O3S/c1-25-8-10-26(11-9-25)17-19-4-6-20(7-5-19)23-24-21(18-31-23)16-22(28)27(12-14-29-2)13-15-30-3/h4-7,18H,8-17H2,1-3H3. The molecular weight excluding hydrogens is 412 g/mol. The van der Waals surface area contributed by atoms with Gasteiger partial charge < -0.3 is 19.3 Å². The van der Waals surface area contributed by atoms with Gasteiger partial charge in [-0.05, 0) is 12.6 Å². The summed E-state index contributed by atoms with van der Waals surface area (Å²) in [4.78, 5) is 24.1. The van der Waals surface area contributed by atoms with E-state index in [9.17, 15) is 4.79 Å². The third-order valence-corrected chi connectivity index (χ3v) is 6.51. The SMILES string of the molecule is COCCN(CCOC)C(=O)Cc1csc(-c2ccc(CN3CCN(C)CC3)cc2)n1. The van der Waals surface area contributed by atoms with E-state index in [1.807, 2.05) is 5.38 Å². The number of hydrogen-bond acceptors (Lipinski definition) is 7. The molecule has 8 heteroatoms. The average molecular weight is 447 g/mol. The first-order valence-electron chi connectivity index (χ1n) is 10.8. The third kappa shape index (κ3) is 7.36. The van der Waals surface area contributed by atoms with Gasteiger partial charge in [-0.15, -0.1) is 11.3 Å². The van der Waals surface area contributed by atoms with Gasteiger partial charge in [0, 0.05) is 71.0 Å². The highest BCUT2D eigenvalue weighted by molar-refractivity contribution is 7.13. The largest absolute Gasteiger partial charge is 0.383 e. The third-order valence-electron chi connectivity index (χ3n) is 5.57. The van der Waals surface area contributed by atoms with Gasteiger partial charge >= 0.3 is 0 Å². The van der Waals surface area contributed by atoms with Crippen LogP contribution in [0.1, 0.15) is 11.3 Å². The monoisotopic (exact) mass is 446 g/mol. The van der Waals surface area contributed by atoms with Crippen molar-refractivity contribution in [2.75, 3.05) is 73.7 Å². The fourth-order valence-electron chi connectivity index (χ4n) is 3.57. The predicted octanol–water partition coefficient (Wildman–Crippen LogP) is 2.22. The molecule has 1 aliphatic rings. The summed E-state index contributed by atoms with van der Waals surface area (Å²) in [6.45, 7) is 7.64. The Balaban J connectivity index is 1.56. The first-order valence-corrected chi connectivity index (χ1v) is 11.7. The van der Waals surface area contributed by atoms with Crippen LogP contribution in [0.4, 0.5) is 0 Å². The van der Waals surface area contributed by atoms with Crippen LogP contribution >= 0.6 is 11.3 Å². The molecule has 7 nitrogen and oxygen atoms in total. The molecule has 0 saturated carbocycles. The van der Waals surface area contributed by atoms with Crippen LogP contribution in [0.5, 0.6) is 0 Å². The zero-order valence-electron chi connectivity index (χ0n) is 18.9. The molecule has 0 bridgehead atoms. The normalized spacial score (nSPS) is 15.3. The maximum absolute atomic E-state index is 12.7. The van der Waals surface area contributed by atoms with Gasteiger partial charge in [0.1, 0.15) is 5.01 Å². The summed E-state index contributed by atoms with van der Waals surface area (Å²) in [7, 11) is 5.46. The number of likely N-dealkylation sites (N-methyl/N-ethyl adjacent to an activating group) is 1. The number of carbonyl (C=O) groups is 1. The summed E-state index contributed by atoms with van der Waals surface area (Å²) in [6.07, 6.45) is 0.297. The number of thiazole rings is 1. The molecule has 0 spiro atoms. The molecule has 0 radical (unpaired) electrons. The minimum Gasteiger partial charge on any atom is -0.383 e. The molecule has 1 saturated heterocycles. The molecule has 1 aromatic carbocycles. The van der Waals surface area contributed by atoms with Crippen LogP contribution in [0.25, 0.3) is 10.6 Å². The number of benzene rings is 1. The first-order chi connectivity index (χ1) is 15.1. The average Bonchev–Trinajstić information content (AvgIpc) is 3.24. The Bertz CT molecular complexity index is 795. The molecule has 0 unspecified atom stereocenters. The Kier molecular flexibility index (Phi) is 9.42. The Morgan fingerprint density at radius 2 is 1.71 bits per heavy atom. The number of nitrogens with zero attached hydrogens (tertiary/aromatic N) is 4. The van der Waals surface area contributed by atoms with Gasteiger partial charge in [0.25, 0.3) is 0 Å². The van der Waals surface area contributed by atoms with Gasteiger partial charge in [0.05, 0.1) is 25.3 Å². The number of carbonyl (C=O) groups excluding carboxylic acids is 1. The summed E-state index contributed by atoms with van der Waals surface area (Å²) >= 11 is 1.59. The van der Waals surface area contributed by atoms with Crippen LogP contribution < -0.4 is 0 Å². The van der Waals surface area contributed by atoms with Crippen molar-refractivity contribution in [3.63, 3.8) is 0 Å². The second-order valence-corrected chi connectivity index (χ2v) is 8.82. The number of rotatable bonds is 11. The molecule has 1 aliphatic heterocycles. The lowest BCUT2D eigenvalue weighted by atomic mass is 10.1. The molecule has 2 heterocycles. The zero-order chi connectivity index (χ0) is 22.1. The van der Waals surface area contributed by atoms with Crippen molar-refractivity contribution in [1.29, 1.82) is 0 Å². The van der Waals surface area contributed by atoms with E-state index in [2.05, 4.69) is 41.1 Å². The van der Waals surface area contributed by atoms with E-state index in [-0.39, 0.29) is 5.91 Å². The molecule has 31 heavy (non-hydrogen) atoms. The second kappa shape index (κ2) is 12.3. The van der Waals surface area contributed by atoms with Crippen molar-refractivity contribution in [3.8, 4) is 10.6 Å². The van der Waals surface area contributed by atoms with Crippen LogP contribution in [0.15, 0.2) is 29.6 Å². The summed E-state index contributed by atoms with van der Waals surface area (Å²) in [5, 5.41) is 2.94. The molecule has 1 aromatic heterocycles. The molecule has 1 fully saturated rings.